The summed E-state index contributed by atoms with van der Waals surface area (Å²) < 4.78 is 12.1. The fraction of sp³-hybridized carbons (Fsp3) is 0.333. The van der Waals surface area contributed by atoms with Crippen molar-refractivity contribution in [3.8, 4) is 11.6 Å². The second-order valence-electron chi connectivity index (χ2n) is 5.65. The quantitative estimate of drug-likeness (QED) is 0.818. The molecule has 2 aromatic rings. The Morgan fingerprint density at radius 1 is 1.36 bits per heavy atom. The van der Waals surface area contributed by atoms with Crippen LogP contribution in [0.1, 0.15) is 13.3 Å². The van der Waals surface area contributed by atoms with Gasteiger partial charge in [0.2, 0.25) is 5.88 Å². The summed E-state index contributed by atoms with van der Waals surface area (Å²) in [5.74, 6) is 1.34. The molecule has 132 valence electrons. The second kappa shape index (κ2) is 8.20. The summed E-state index contributed by atoms with van der Waals surface area (Å²) in [6, 6.07) is 10.9. The highest BCUT2D eigenvalue weighted by Crippen LogP contribution is 2.25. The van der Waals surface area contributed by atoms with Crippen LogP contribution in [0.3, 0.4) is 0 Å². The summed E-state index contributed by atoms with van der Waals surface area (Å²) in [5, 5.41) is 2.90. The molecule has 0 aliphatic carbocycles. The van der Waals surface area contributed by atoms with Crippen molar-refractivity contribution in [2.75, 3.05) is 25.0 Å². The number of halogens is 1. The number of hydrogen-bond donors (Lipinski definition) is 1. The molecule has 2 amide bonds. The number of aromatic nitrogens is 1. The third-order valence-electron chi connectivity index (χ3n) is 3.85. The maximum Gasteiger partial charge on any atom is 0.321 e. The van der Waals surface area contributed by atoms with Crippen LogP contribution in [0.4, 0.5) is 10.5 Å². The topological polar surface area (TPSA) is 63.7 Å². The lowest BCUT2D eigenvalue weighted by atomic mass is 10.3. The monoisotopic (exact) mass is 405 g/mol. The molecule has 1 aromatic heterocycles. The number of likely N-dealkylation sites (tertiary alicyclic amines) is 1. The van der Waals surface area contributed by atoms with Gasteiger partial charge in [-0.3, -0.25) is 0 Å². The molecule has 1 atom stereocenters. The first-order chi connectivity index (χ1) is 12.2. The number of hydrogen-bond acceptors (Lipinski definition) is 4. The normalized spacial score (nSPS) is 16.6. The molecule has 3 rings (SSSR count). The Kier molecular flexibility index (Phi) is 5.75. The molecular formula is C18H20BrN3O3. The molecule has 1 aromatic carbocycles. The van der Waals surface area contributed by atoms with E-state index in [4.69, 9.17) is 9.47 Å². The molecule has 0 saturated carbocycles. The number of rotatable bonds is 5. The molecule has 7 heteroatoms. The number of nitrogens with zero attached hydrogens (tertiary/aromatic N) is 2. The molecule has 1 aliphatic heterocycles. The van der Waals surface area contributed by atoms with Crippen LogP contribution >= 0.6 is 15.9 Å². The highest BCUT2D eigenvalue weighted by Gasteiger charge is 2.28. The summed E-state index contributed by atoms with van der Waals surface area (Å²) in [7, 11) is 0. The third-order valence-corrected chi connectivity index (χ3v) is 4.46. The van der Waals surface area contributed by atoms with Crippen LogP contribution in [0.25, 0.3) is 0 Å². The summed E-state index contributed by atoms with van der Waals surface area (Å²) in [6.07, 6.45) is 2.41. The molecule has 1 fully saturated rings. The molecule has 6 nitrogen and oxygen atoms in total. The van der Waals surface area contributed by atoms with Crippen LogP contribution < -0.4 is 14.8 Å². The van der Waals surface area contributed by atoms with Crippen molar-refractivity contribution in [2.24, 2.45) is 0 Å². The third kappa shape index (κ3) is 4.63. The van der Waals surface area contributed by atoms with Gasteiger partial charge in [-0.25, -0.2) is 9.78 Å². The van der Waals surface area contributed by atoms with Crippen molar-refractivity contribution in [3.63, 3.8) is 0 Å². The molecule has 25 heavy (non-hydrogen) atoms. The molecule has 1 unspecified atom stereocenters. The molecular weight excluding hydrogens is 386 g/mol. The first kappa shape index (κ1) is 17.5. The number of pyridine rings is 1. The van der Waals surface area contributed by atoms with Gasteiger partial charge in [-0.05, 0) is 59.3 Å². The van der Waals surface area contributed by atoms with E-state index in [0.29, 0.717) is 25.6 Å². The van der Waals surface area contributed by atoms with E-state index >= 15 is 0 Å². The van der Waals surface area contributed by atoms with E-state index in [1.807, 2.05) is 43.3 Å². The lowest BCUT2D eigenvalue weighted by molar-refractivity contribution is 0.189. The summed E-state index contributed by atoms with van der Waals surface area (Å²) in [4.78, 5) is 18.3. The summed E-state index contributed by atoms with van der Waals surface area (Å²) in [5.41, 5.74) is 0.741. The van der Waals surface area contributed by atoms with Crippen molar-refractivity contribution >= 4 is 27.6 Å². The van der Waals surface area contributed by atoms with Crippen LogP contribution in [0, 0.1) is 0 Å². The van der Waals surface area contributed by atoms with E-state index in [9.17, 15) is 4.79 Å². The molecule has 1 saturated heterocycles. The zero-order chi connectivity index (χ0) is 17.6. The van der Waals surface area contributed by atoms with Gasteiger partial charge < -0.3 is 19.7 Å². The Hall–Kier alpha value is -2.28. The fourth-order valence-corrected chi connectivity index (χ4v) is 2.98. The highest BCUT2D eigenvalue weighted by atomic mass is 79.9. The zero-order valence-electron chi connectivity index (χ0n) is 13.9. The maximum absolute atomic E-state index is 12.4. The minimum Gasteiger partial charge on any atom is -0.494 e. The van der Waals surface area contributed by atoms with E-state index in [1.165, 1.54) is 0 Å². The smallest absolute Gasteiger partial charge is 0.321 e. The first-order valence-corrected chi connectivity index (χ1v) is 9.01. The van der Waals surface area contributed by atoms with Gasteiger partial charge in [0.05, 0.1) is 17.6 Å². The molecule has 2 heterocycles. The average molecular weight is 406 g/mol. The van der Waals surface area contributed by atoms with Crippen molar-refractivity contribution in [2.45, 2.75) is 19.4 Å². The molecule has 1 N–H and O–H groups in total. The minimum absolute atomic E-state index is 0.0581. The number of carbonyl (C=O) groups excluding carboxylic acids is 1. The van der Waals surface area contributed by atoms with Gasteiger partial charge in [-0.2, -0.15) is 0 Å². The Morgan fingerprint density at radius 3 is 2.88 bits per heavy atom. The van der Waals surface area contributed by atoms with Crippen LogP contribution in [0.2, 0.25) is 0 Å². The van der Waals surface area contributed by atoms with Gasteiger partial charge in [-0.15, -0.1) is 0 Å². The number of anilines is 1. The zero-order valence-corrected chi connectivity index (χ0v) is 15.5. The van der Waals surface area contributed by atoms with Crippen LogP contribution in [0.15, 0.2) is 47.1 Å². The minimum atomic E-state index is -0.129. The van der Waals surface area contributed by atoms with Crippen molar-refractivity contribution < 1.29 is 14.3 Å². The van der Waals surface area contributed by atoms with Crippen LogP contribution in [0.5, 0.6) is 11.6 Å². The maximum atomic E-state index is 12.4. The molecule has 0 radical (unpaired) electrons. The predicted molar refractivity (Wildman–Crippen MR) is 99.2 cm³/mol. The van der Waals surface area contributed by atoms with Gasteiger partial charge in [0, 0.05) is 24.8 Å². The average Bonchev–Trinajstić information content (AvgIpc) is 3.08. The Bertz CT molecular complexity index is 724. The predicted octanol–water partition coefficient (Wildman–Crippen LogP) is 3.93. The number of urea groups is 1. The molecule has 1 aliphatic rings. The van der Waals surface area contributed by atoms with E-state index in [2.05, 4.69) is 26.2 Å². The summed E-state index contributed by atoms with van der Waals surface area (Å²) >= 11 is 3.42. The fourth-order valence-electron chi connectivity index (χ4n) is 2.63. The van der Waals surface area contributed by atoms with E-state index in [-0.39, 0.29) is 12.1 Å². The van der Waals surface area contributed by atoms with Gasteiger partial charge in [0.25, 0.3) is 0 Å². The van der Waals surface area contributed by atoms with Crippen molar-refractivity contribution in [3.05, 3.63) is 47.1 Å². The van der Waals surface area contributed by atoms with Crippen LogP contribution in [-0.4, -0.2) is 41.7 Å². The first-order valence-electron chi connectivity index (χ1n) is 8.21. The number of amides is 2. The number of ether oxygens (including phenoxy) is 2. The van der Waals surface area contributed by atoms with Crippen molar-refractivity contribution in [1.29, 1.82) is 0 Å². The highest BCUT2D eigenvalue weighted by molar-refractivity contribution is 9.10. The van der Waals surface area contributed by atoms with Gasteiger partial charge in [-0.1, -0.05) is 0 Å². The second-order valence-corrected chi connectivity index (χ2v) is 6.51. The SMILES string of the molecule is CCOc1ccc(NC(=O)N2CCC(Oc3ncccc3Br)C2)cc1. The van der Waals surface area contributed by atoms with E-state index < -0.39 is 0 Å². The Balaban J connectivity index is 1.53. The lowest BCUT2D eigenvalue weighted by Gasteiger charge is -2.18. The Labute approximate surface area is 155 Å². The number of carbonyl (C=O) groups is 1. The number of nitrogens with one attached hydrogen (secondary N) is 1. The lowest BCUT2D eigenvalue weighted by Crippen LogP contribution is -2.34. The molecule has 0 spiro atoms. The van der Waals surface area contributed by atoms with Crippen molar-refractivity contribution in [1.82, 2.24) is 9.88 Å². The van der Waals surface area contributed by atoms with E-state index in [0.717, 1.165) is 22.3 Å². The molecule has 0 bridgehead atoms. The van der Waals surface area contributed by atoms with Gasteiger partial charge in [0.15, 0.2) is 0 Å². The van der Waals surface area contributed by atoms with Crippen LogP contribution in [-0.2, 0) is 0 Å². The number of benzene rings is 1. The standard InChI is InChI=1S/C18H20BrN3O3/c1-2-24-14-7-5-13(6-8-14)21-18(23)22-11-9-15(12-22)25-17-16(19)4-3-10-20-17/h3-8,10,15H,2,9,11-12H2,1H3,(H,21,23). The Morgan fingerprint density at radius 2 is 2.16 bits per heavy atom. The van der Waals surface area contributed by atoms with E-state index in [1.54, 1.807) is 11.1 Å². The summed E-state index contributed by atoms with van der Waals surface area (Å²) in [6.45, 7) is 3.74. The van der Waals surface area contributed by atoms with Gasteiger partial charge >= 0.3 is 6.03 Å². The largest absolute Gasteiger partial charge is 0.494 e. The van der Waals surface area contributed by atoms with Gasteiger partial charge in [0.1, 0.15) is 11.9 Å².